The van der Waals surface area contributed by atoms with E-state index < -0.39 is 42.5 Å². The van der Waals surface area contributed by atoms with Gasteiger partial charge in [0.15, 0.2) is 6.61 Å². The monoisotopic (exact) mass is 389 g/mol. The average molecular weight is 389 g/mol. The van der Waals surface area contributed by atoms with Gasteiger partial charge in [-0.15, -0.1) is 0 Å². The number of ether oxygens (including phenoxy) is 1. The second-order valence-electron chi connectivity index (χ2n) is 7.54. The molecule has 1 saturated heterocycles. The van der Waals surface area contributed by atoms with Crippen molar-refractivity contribution in [2.45, 2.75) is 39.2 Å². The predicted octanol–water partition coefficient (Wildman–Crippen LogP) is 1.94. The van der Waals surface area contributed by atoms with Crippen LogP contribution >= 0.6 is 0 Å². The summed E-state index contributed by atoms with van der Waals surface area (Å²) in [6.07, 6.45) is 1.25. The number of carbonyl (C=O) groups excluding carboxylic acids is 4. The number of hydrogen-bond acceptors (Lipinski definition) is 5. The number of anilines is 1. The normalized spacial score (nSPS) is 19.0. The third-order valence-corrected chi connectivity index (χ3v) is 4.73. The smallest absolute Gasteiger partial charge is 0.326 e. The van der Waals surface area contributed by atoms with Crippen molar-refractivity contribution in [3.05, 3.63) is 30.3 Å². The summed E-state index contributed by atoms with van der Waals surface area (Å²) in [6, 6.07) is 8.30. The second-order valence-corrected chi connectivity index (χ2v) is 7.54. The van der Waals surface area contributed by atoms with E-state index in [4.69, 9.17) is 4.74 Å². The number of hydrogen-bond donors (Lipinski definition) is 1. The standard InChI is InChI=1S/C20H27N3O5/c1-14(2)10-11-20(3)18(26)23(19(27)21-20)12-17(25)28-13-16(24)22(4)15-8-6-5-7-9-15/h5-9,14H,10-13H2,1-4H3,(H,21,27)/t20-/m1/s1. The van der Waals surface area contributed by atoms with Crippen molar-refractivity contribution >= 4 is 29.5 Å². The highest BCUT2D eigenvalue weighted by molar-refractivity contribution is 6.08. The minimum atomic E-state index is -1.02. The van der Waals surface area contributed by atoms with Crippen LogP contribution in [0.25, 0.3) is 0 Å². The van der Waals surface area contributed by atoms with Gasteiger partial charge in [-0.05, 0) is 37.8 Å². The van der Waals surface area contributed by atoms with E-state index in [-0.39, 0.29) is 0 Å². The van der Waals surface area contributed by atoms with Gasteiger partial charge in [0.25, 0.3) is 11.8 Å². The van der Waals surface area contributed by atoms with E-state index in [1.807, 2.05) is 19.9 Å². The number of nitrogens with one attached hydrogen (secondary N) is 1. The molecular formula is C20H27N3O5. The first kappa shape index (κ1) is 21.4. The molecule has 0 bridgehead atoms. The number of urea groups is 1. The summed E-state index contributed by atoms with van der Waals surface area (Å²) < 4.78 is 4.97. The lowest BCUT2D eigenvalue weighted by Gasteiger charge is -2.22. The SMILES string of the molecule is CC(C)CC[C@@]1(C)NC(=O)N(CC(=O)OCC(=O)N(C)c2ccccc2)C1=O. The van der Waals surface area contributed by atoms with E-state index >= 15 is 0 Å². The first-order valence-electron chi connectivity index (χ1n) is 9.25. The lowest BCUT2D eigenvalue weighted by Crippen LogP contribution is -2.44. The third-order valence-electron chi connectivity index (χ3n) is 4.73. The quantitative estimate of drug-likeness (QED) is 0.541. The molecule has 1 atom stereocenters. The lowest BCUT2D eigenvalue weighted by molar-refractivity contribution is -0.150. The van der Waals surface area contributed by atoms with Gasteiger partial charge in [0.05, 0.1) is 0 Å². The van der Waals surface area contributed by atoms with Crippen LogP contribution in [-0.4, -0.2) is 54.5 Å². The Morgan fingerprint density at radius 1 is 1.21 bits per heavy atom. The van der Waals surface area contributed by atoms with Crippen molar-refractivity contribution in [3.63, 3.8) is 0 Å². The predicted molar refractivity (Wildman–Crippen MR) is 104 cm³/mol. The number of nitrogens with zero attached hydrogens (tertiary/aromatic N) is 2. The Morgan fingerprint density at radius 2 is 1.86 bits per heavy atom. The van der Waals surface area contributed by atoms with Gasteiger partial charge in [-0.1, -0.05) is 32.0 Å². The van der Waals surface area contributed by atoms with Gasteiger partial charge in [-0.25, -0.2) is 4.79 Å². The molecule has 0 spiro atoms. The van der Waals surface area contributed by atoms with Gasteiger partial charge < -0.3 is 15.0 Å². The van der Waals surface area contributed by atoms with Crippen molar-refractivity contribution in [2.24, 2.45) is 5.92 Å². The van der Waals surface area contributed by atoms with E-state index in [0.29, 0.717) is 18.0 Å². The maximum absolute atomic E-state index is 12.6. The van der Waals surface area contributed by atoms with Crippen molar-refractivity contribution in [2.75, 3.05) is 25.1 Å². The van der Waals surface area contributed by atoms with Gasteiger partial charge in [-0.3, -0.25) is 19.3 Å². The number of imide groups is 1. The zero-order valence-corrected chi connectivity index (χ0v) is 16.7. The Morgan fingerprint density at radius 3 is 2.46 bits per heavy atom. The number of carbonyl (C=O) groups is 4. The van der Waals surface area contributed by atoms with E-state index in [1.54, 1.807) is 38.2 Å². The van der Waals surface area contributed by atoms with Crippen LogP contribution in [0.15, 0.2) is 30.3 Å². The lowest BCUT2D eigenvalue weighted by atomic mass is 9.92. The van der Waals surface area contributed by atoms with Gasteiger partial charge in [0, 0.05) is 12.7 Å². The fraction of sp³-hybridized carbons (Fsp3) is 0.500. The minimum Gasteiger partial charge on any atom is -0.454 e. The molecule has 0 aromatic heterocycles. The van der Waals surface area contributed by atoms with Crippen LogP contribution in [0.3, 0.4) is 0 Å². The topological polar surface area (TPSA) is 96.0 Å². The highest BCUT2D eigenvalue weighted by atomic mass is 16.5. The van der Waals surface area contributed by atoms with Gasteiger partial charge in [0.1, 0.15) is 12.1 Å². The molecule has 152 valence electrons. The molecule has 0 aliphatic carbocycles. The van der Waals surface area contributed by atoms with E-state index in [9.17, 15) is 19.2 Å². The van der Waals surface area contributed by atoms with Crippen molar-refractivity contribution in [1.29, 1.82) is 0 Å². The minimum absolute atomic E-state index is 0.383. The third kappa shape index (κ3) is 5.09. The number of benzene rings is 1. The summed E-state index contributed by atoms with van der Waals surface area (Å²) in [5.74, 6) is -1.30. The molecule has 8 heteroatoms. The van der Waals surface area contributed by atoms with E-state index in [2.05, 4.69) is 5.32 Å². The summed E-state index contributed by atoms with van der Waals surface area (Å²) in [7, 11) is 1.57. The molecule has 1 heterocycles. The fourth-order valence-corrected chi connectivity index (χ4v) is 2.85. The first-order chi connectivity index (χ1) is 13.1. The van der Waals surface area contributed by atoms with Crippen LogP contribution in [0.2, 0.25) is 0 Å². The number of likely N-dealkylation sites (N-methyl/N-ethyl adjacent to an activating group) is 1. The molecule has 0 saturated carbocycles. The summed E-state index contributed by atoms with van der Waals surface area (Å²) in [6.45, 7) is 4.72. The Hall–Kier alpha value is -2.90. The largest absolute Gasteiger partial charge is 0.454 e. The van der Waals surface area contributed by atoms with Crippen molar-refractivity contribution in [1.82, 2.24) is 10.2 Å². The summed E-state index contributed by atoms with van der Waals surface area (Å²) in [5.41, 5.74) is -0.357. The molecule has 2 rings (SSSR count). The van der Waals surface area contributed by atoms with Crippen LogP contribution in [-0.2, 0) is 19.1 Å². The van der Waals surface area contributed by atoms with Crippen molar-refractivity contribution < 1.29 is 23.9 Å². The molecule has 1 aliphatic heterocycles. The second kappa shape index (κ2) is 8.86. The highest BCUT2D eigenvalue weighted by Gasteiger charge is 2.48. The van der Waals surface area contributed by atoms with Crippen LogP contribution in [0, 0.1) is 5.92 Å². The Bertz CT molecular complexity index is 749. The molecule has 1 fully saturated rings. The summed E-state index contributed by atoms with van der Waals surface area (Å²) >= 11 is 0. The Kier molecular flexibility index (Phi) is 6.77. The number of rotatable bonds is 8. The van der Waals surface area contributed by atoms with E-state index in [1.165, 1.54) is 4.90 Å². The summed E-state index contributed by atoms with van der Waals surface area (Å²) in [5, 5.41) is 2.65. The van der Waals surface area contributed by atoms with Crippen LogP contribution < -0.4 is 10.2 Å². The zero-order valence-electron chi connectivity index (χ0n) is 16.7. The Labute approximate surface area is 164 Å². The number of esters is 1. The van der Waals surface area contributed by atoms with Gasteiger partial charge in [0.2, 0.25) is 0 Å². The number of para-hydroxylation sites is 1. The zero-order chi connectivity index (χ0) is 20.9. The molecule has 1 aromatic carbocycles. The molecule has 1 aliphatic rings. The molecule has 0 unspecified atom stereocenters. The number of amides is 4. The molecule has 28 heavy (non-hydrogen) atoms. The van der Waals surface area contributed by atoms with E-state index in [0.717, 1.165) is 11.3 Å². The van der Waals surface area contributed by atoms with Gasteiger partial charge >= 0.3 is 12.0 Å². The first-order valence-corrected chi connectivity index (χ1v) is 9.25. The fourth-order valence-electron chi connectivity index (χ4n) is 2.85. The summed E-state index contributed by atoms with van der Waals surface area (Å²) in [4.78, 5) is 51.1. The highest BCUT2D eigenvalue weighted by Crippen LogP contribution is 2.24. The molecule has 0 radical (unpaired) electrons. The molecule has 8 nitrogen and oxygen atoms in total. The van der Waals surface area contributed by atoms with Crippen LogP contribution in [0.4, 0.5) is 10.5 Å². The maximum atomic E-state index is 12.6. The average Bonchev–Trinajstić information content (AvgIpc) is 2.88. The Balaban J connectivity index is 1.88. The van der Waals surface area contributed by atoms with Crippen LogP contribution in [0.5, 0.6) is 0 Å². The maximum Gasteiger partial charge on any atom is 0.326 e. The van der Waals surface area contributed by atoms with Crippen molar-refractivity contribution in [3.8, 4) is 0 Å². The van der Waals surface area contributed by atoms with Gasteiger partial charge in [-0.2, -0.15) is 0 Å². The molecule has 1 aromatic rings. The molecule has 1 N–H and O–H groups in total. The molecular weight excluding hydrogens is 362 g/mol. The van der Waals surface area contributed by atoms with Crippen LogP contribution in [0.1, 0.15) is 33.6 Å². The molecule has 4 amide bonds.